The highest BCUT2D eigenvalue weighted by Crippen LogP contribution is 2.43. The molecule has 0 fully saturated rings. The first-order chi connectivity index (χ1) is 33.5. The third kappa shape index (κ3) is 50.4. The zero-order chi connectivity index (χ0) is 50.7. The number of unbranched alkanes of at least 4 members (excludes halogenated alkanes) is 28. The molecule has 0 heterocycles. The lowest BCUT2D eigenvalue weighted by Crippen LogP contribution is -2.36. The van der Waals surface area contributed by atoms with Crippen LogP contribution in [0.1, 0.15) is 232 Å². The normalized spacial score (nSPS) is 11.9. The van der Waals surface area contributed by atoms with Gasteiger partial charge in [-0.25, -0.2) is 4.57 Å². The minimum Gasteiger partial charge on any atom is -0.480 e. The van der Waals surface area contributed by atoms with Gasteiger partial charge in [-0.05, 0) is 62.2 Å². The van der Waals surface area contributed by atoms with E-state index in [2.05, 4.69) is 61.2 Å². The summed E-state index contributed by atoms with van der Waals surface area (Å²) in [5, 5.41) is 18.0. The average molecular weight is 988 g/mol. The predicted octanol–water partition coefficient (Wildman–Crippen LogP) is 12.4. The van der Waals surface area contributed by atoms with E-state index in [9.17, 15) is 28.6 Å². The molecule has 0 spiro atoms. The summed E-state index contributed by atoms with van der Waals surface area (Å²) >= 11 is 0. The van der Waals surface area contributed by atoms with Crippen molar-refractivity contribution in [1.82, 2.24) is 4.90 Å². The summed E-state index contributed by atoms with van der Waals surface area (Å²) in [6.07, 6.45) is 34.0. The van der Waals surface area contributed by atoms with Gasteiger partial charge in [-0.1, -0.05) is 179 Å². The van der Waals surface area contributed by atoms with E-state index < -0.39 is 70.7 Å². The van der Waals surface area contributed by atoms with Crippen LogP contribution in [-0.4, -0.2) is 89.4 Å². The molecule has 0 amide bonds. The molecule has 0 rings (SSSR count). The maximum absolute atomic E-state index is 12.8. The van der Waals surface area contributed by atoms with Crippen LogP contribution < -0.4 is 0 Å². The van der Waals surface area contributed by atoms with Gasteiger partial charge in [0.15, 0.2) is 6.10 Å². The molecule has 0 aliphatic rings. The summed E-state index contributed by atoms with van der Waals surface area (Å²) < 4.78 is 33.5. The molecule has 0 aromatic carbocycles. The maximum atomic E-state index is 12.8. The largest absolute Gasteiger partial charge is 0.480 e. The van der Waals surface area contributed by atoms with Gasteiger partial charge in [-0.3, -0.25) is 33.1 Å². The number of carbonyl (C=O) groups is 4. The first-order valence-corrected chi connectivity index (χ1v) is 28.0. The molecule has 0 radical (unpaired) electrons. The highest BCUT2D eigenvalue weighted by atomic mass is 31.2. The van der Waals surface area contributed by atoms with Crippen LogP contribution in [0.4, 0.5) is 0 Å². The summed E-state index contributed by atoms with van der Waals surface area (Å²) in [5.41, 5.74) is 0. The van der Waals surface area contributed by atoms with Crippen LogP contribution in [0.15, 0.2) is 0 Å². The molecule has 0 saturated heterocycles. The van der Waals surface area contributed by atoms with Gasteiger partial charge in [-0.15, -0.1) is 0 Å². The van der Waals surface area contributed by atoms with E-state index in [1.54, 1.807) is 0 Å². The minimum absolute atomic E-state index is 0.101. The summed E-state index contributed by atoms with van der Waals surface area (Å²) in [7, 11) is -4.75. The molecule has 0 bridgehead atoms. The predicted molar refractivity (Wildman–Crippen MR) is 274 cm³/mol. The fourth-order valence-corrected chi connectivity index (χ4v) is 7.96. The Morgan fingerprint density at radius 1 is 0.478 bits per heavy atom. The van der Waals surface area contributed by atoms with Gasteiger partial charge in [0.25, 0.3) is 0 Å². The van der Waals surface area contributed by atoms with Crippen molar-refractivity contribution in [2.24, 2.45) is 0 Å². The van der Waals surface area contributed by atoms with Crippen LogP contribution in [0.25, 0.3) is 0 Å². The van der Waals surface area contributed by atoms with Crippen molar-refractivity contribution in [3.05, 3.63) is 0 Å². The molecule has 13 nitrogen and oxygen atoms in total. The Bertz CT molecular complexity index is 1620. The third-order valence-corrected chi connectivity index (χ3v) is 12.2. The number of rotatable bonds is 46. The van der Waals surface area contributed by atoms with Crippen LogP contribution in [0.3, 0.4) is 0 Å². The van der Waals surface area contributed by atoms with Crippen LogP contribution in [0.2, 0.25) is 0 Å². The molecule has 2 unspecified atom stereocenters. The molecule has 0 saturated carbocycles. The molecule has 2 atom stereocenters. The lowest BCUT2D eigenvalue weighted by atomic mass is 10.1. The van der Waals surface area contributed by atoms with Crippen molar-refractivity contribution in [3.8, 4) is 47.4 Å². The Kier molecular flexibility index (Phi) is 46.5. The second-order valence-corrected chi connectivity index (χ2v) is 19.2. The van der Waals surface area contributed by atoms with Crippen LogP contribution in [0.5, 0.6) is 0 Å². The van der Waals surface area contributed by atoms with E-state index in [-0.39, 0.29) is 19.4 Å². The Balaban J connectivity index is 4.60. The first-order valence-electron chi connectivity index (χ1n) is 26.5. The average Bonchev–Trinajstić information content (AvgIpc) is 3.30. The Morgan fingerprint density at radius 3 is 1.20 bits per heavy atom. The second-order valence-electron chi connectivity index (χ2n) is 17.8. The number of hydrogen-bond acceptors (Lipinski definition) is 10. The monoisotopic (exact) mass is 988 g/mol. The van der Waals surface area contributed by atoms with Gasteiger partial charge < -0.3 is 24.6 Å². The van der Waals surface area contributed by atoms with E-state index in [1.807, 2.05) is 0 Å². The summed E-state index contributed by atoms with van der Waals surface area (Å²) in [6, 6.07) is 0. The van der Waals surface area contributed by atoms with E-state index in [0.717, 1.165) is 108 Å². The fourth-order valence-electron chi connectivity index (χ4n) is 7.22. The van der Waals surface area contributed by atoms with Crippen molar-refractivity contribution in [2.45, 2.75) is 238 Å². The van der Waals surface area contributed by atoms with Crippen molar-refractivity contribution in [2.75, 3.05) is 39.5 Å². The van der Waals surface area contributed by atoms with Crippen molar-refractivity contribution in [1.29, 1.82) is 0 Å². The summed E-state index contributed by atoms with van der Waals surface area (Å²) in [5.74, 6) is 20.8. The lowest BCUT2D eigenvalue weighted by molar-refractivity contribution is -0.161. The minimum atomic E-state index is -4.75. The zero-order valence-electron chi connectivity index (χ0n) is 42.8. The zero-order valence-corrected chi connectivity index (χ0v) is 43.7. The van der Waals surface area contributed by atoms with Gasteiger partial charge in [-0.2, -0.15) is 0 Å². The number of carbonyl (C=O) groups excluding carboxylic acids is 2. The smallest absolute Gasteiger partial charge is 0.472 e. The Hall–Kier alpha value is -3.81. The van der Waals surface area contributed by atoms with Crippen molar-refractivity contribution < 1.29 is 57.4 Å². The van der Waals surface area contributed by atoms with Gasteiger partial charge in [0.05, 0.1) is 26.3 Å². The standard InChI is InChI=1S/C55H90NO12P/c1-3-5-7-9-11-13-15-17-19-21-23-25-27-29-31-33-35-37-39-41-43-54(61)65-49-51(50-67-69(63,64)66-46-45-56(47-52(57)58)48-53(59)60)68-55(62)44-42-40-38-36-34-32-30-28-26-24-22-20-18-16-14-12-10-8-6-4-2/h51H,3-20,29-50H2,1-2H3,(H,57,58)(H,59,60)(H,63,64). The third-order valence-electron chi connectivity index (χ3n) is 11.2. The maximum Gasteiger partial charge on any atom is 0.472 e. The van der Waals surface area contributed by atoms with Gasteiger partial charge in [0, 0.05) is 45.1 Å². The number of carboxylic acid groups (broad SMARTS) is 2. The molecule has 0 aromatic rings. The number of carboxylic acids is 2. The first kappa shape index (κ1) is 65.2. The molecule has 392 valence electrons. The summed E-state index contributed by atoms with van der Waals surface area (Å²) in [4.78, 5) is 58.8. The Morgan fingerprint density at radius 2 is 0.826 bits per heavy atom. The fraction of sp³-hybridized carbons (Fsp3) is 0.782. The summed E-state index contributed by atoms with van der Waals surface area (Å²) in [6.45, 7) is 1.43. The number of hydrogen-bond donors (Lipinski definition) is 3. The molecule has 14 heteroatoms. The molecule has 0 aromatic heterocycles. The van der Waals surface area contributed by atoms with E-state index >= 15 is 0 Å². The number of nitrogens with zero attached hydrogens (tertiary/aromatic N) is 1. The number of phosphoric acid groups is 1. The van der Waals surface area contributed by atoms with Crippen molar-refractivity contribution >= 4 is 31.7 Å². The van der Waals surface area contributed by atoms with Crippen LogP contribution in [-0.2, 0) is 42.3 Å². The van der Waals surface area contributed by atoms with Gasteiger partial charge in [0.1, 0.15) is 6.61 Å². The van der Waals surface area contributed by atoms with E-state index in [1.165, 1.54) is 89.9 Å². The van der Waals surface area contributed by atoms with Crippen LogP contribution >= 0.6 is 7.82 Å². The topological polar surface area (TPSA) is 186 Å². The van der Waals surface area contributed by atoms with Crippen molar-refractivity contribution in [3.63, 3.8) is 0 Å². The molecular weight excluding hydrogens is 898 g/mol. The SMILES string of the molecule is CCCCCCCCCCC#CC#CCCCCCCCCC(=O)OCC(COP(=O)(O)OCCN(CC(=O)O)CC(=O)O)OC(=O)CCCCCCCCC#CC#CCCCCCCCCCC. The molecule has 0 aliphatic heterocycles. The molecule has 69 heavy (non-hydrogen) atoms. The number of phosphoric ester groups is 1. The van der Waals surface area contributed by atoms with E-state index in [0.29, 0.717) is 12.8 Å². The molecular formula is C55H90NO12P. The highest BCUT2D eigenvalue weighted by Gasteiger charge is 2.27. The number of ether oxygens (including phenoxy) is 2. The highest BCUT2D eigenvalue weighted by molar-refractivity contribution is 7.47. The van der Waals surface area contributed by atoms with Gasteiger partial charge >= 0.3 is 31.7 Å². The van der Waals surface area contributed by atoms with E-state index in [4.69, 9.17) is 28.7 Å². The molecule has 3 N–H and O–H groups in total. The number of esters is 2. The number of aliphatic carboxylic acids is 2. The quantitative estimate of drug-likeness (QED) is 0.0227. The second kappa shape index (κ2) is 49.2. The van der Waals surface area contributed by atoms with Crippen LogP contribution in [0, 0.1) is 47.4 Å². The van der Waals surface area contributed by atoms with Gasteiger partial charge in [0.2, 0.25) is 0 Å². The Labute approximate surface area is 417 Å². The molecule has 0 aliphatic carbocycles. The lowest BCUT2D eigenvalue weighted by Gasteiger charge is -2.21.